The SMILES string of the molecule is Cc1ccccc1-c1ccnc(-n2c3[c-]c(Sc4[c-]c(-n5[cH+]n(C)c6ccccc65)ccc4)ccc3c3ccccc32)c1.[Pt]. The predicted molar refractivity (Wildman–Crippen MR) is 177 cm³/mol. The fourth-order valence-corrected chi connectivity index (χ4v) is 6.81. The van der Waals surface area contributed by atoms with E-state index in [1.807, 2.05) is 6.20 Å². The first-order valence-electron chi connectivity index (χ1n) is 14.3. The van der Waals surface area contributed by atoms with Crippen molar-refractivity contribution >= 4 is 44.6 Å². The topological polar surface area (TPSA) is 27.7 Å². The van der Waals surface area contributed by atoms with Gasteiger partial charge in [-0.1, -0.05) is 58.9 Å². The van der Waals surface area contributed by atoms with Gasteiger partial charge in [0.1, 0.15) is 5.82 Å². The summed E-state index contributed by atoms with van der Waals surface area (Å²) in [7, 11) is 2.08. The summed E-state index contributed by atoms with van der Waals surface area (Å²) in [6.07, 6.45) is 4.02. The van der Waals surface area contributed by atoms with Crippen LogP contribution in [-0.2, 0) is 28.1 Å². The molecule has 0 fully saturated rings. The Morgan fingerprint density at radius 2 is 1.45 bits per heavy atom. The molecule has 44 heavy (non-hydrogen) atoms. The summed E-state index contributed by atoms with van der Waals surface area (Å²) in [5.41, 5.74) is 9.08. The first-order valence-corrected chi connectivity index (χ1v) is 15.1. The van der Waals surface area contributed by atoms with E-state index in [4.69, 9.17) is 4.98 Å². The van der Waals surface area contributed by atoms with Crippen LogP contribution in [-0.4, -0.2) is 18.7 Å². The third-order valence-electron chi connectivity index (χ3n) is 8.03. The van der Waals surface area contributed by atoms with Crippen molar-refractivity contribution in [2.24, 2.45) is 7.05 Å². The van der Waals surface area contributed by atoms with Crippen LogP contribution in [0.2, 0.25) is 0 Å². The molecule has 8 rings (SSSR count). The van der Waals surface area contributed by atoms with Crippen LogP contribution in [0.25, 0.3) is 55.5 Å². The minimum Gasteiger partial charge on any atom is -0.319 e. The predicted octanol–water partition coefficient (Wildman–Crippen LogP) is 9.47. The van der Waals surface area contributed by atoms with Gasteiger partial charge in [0.25, 0.3) is 0 Å². The molecule has 0 N–H and O–H groups in total. The first kappa shape index (κ1) is 28.3. The Morgan fingerprint density at radius 3 is 2.32 bits per heavy atom. The number of nitrogens with zero attached hydrogens (tertiary/aromatic N) is 4. The second-order valence-corrected chi connectivity index (χ2v) is 11.8. The molecule has 0 unspecified atom stereocenters. The summed E-state index contributed by atoms with van der Waals surface area (Å²) in [6, 6.07) is 47.8. The monoisotopic (exact) mass is 766 g/mol. The molecule has 0 aliphatic carbocycles. The van der Waals surface area contributed by atoms with E-state index in [1.54, 1.807) is 11.8 Å². The molecule has 6 heteroatoms. The normalized spacial score (nSPS) is 11.3. The van der Waals surface area contributed by atoms with Gasteiger partial charge in [-0.3, -0.25) is 0 Å². The summed E-state index contributed by atoms with van der Waals surface area (Å²) in [6.45, 7) is 2.15. The van der Waals surface area contributed by atoms with Crippen molar-refractivity contribution in [1.29, 1.82) is 0 Å². The molecule has 216 valence electrons. The van der Waals surface area contributed by atoms with Crippen LogP contribution in [0.4, 0.5) is 0 Å². The van der Waals surface area contributed by atoms with Crippen molar-refractivity contribution < 1.29 is 21.1 Å². The number of imidazole rings is 1. The van der Waals surface area contributed by atoms with Crippen LogP contribution in [0.3, 0.4) is 0 Å². The molecule has 0 saturated carbocycles. The van der Waals surface area contributed by atoms with Gasteiger partial charge in [-0.2, -0.15) is 24.3 Å². The Labute approximate surface area is 274 Å². The van der Waals surface area contributed by atoms with Crippen LogP contribution >= 0.6 is 11.8 Å². The van der Waals surface area contributed by atoms with Gasteiger partial charge in [0.2, 0.25) is 0 Å². The van der Waals surface area contributed by atoms with Crippen LogP contribution in [0.5, 0.6) is 0 Å². The van der Waals surface area contributed by atoms with Gasteiger partial charge in [0.05, 0.1) is 0 Å². The minimum atomic E-state index is 0. The van der Waals surface area contributed by atoms with Crippen molar-refractivity contribution in [3.05, 3.63) is 145 Å². The molecule has 8 aromatic rings. The largest absolute Gasteiger partial charge is 0.319 e. The van der Waals surface area contributed by atoms with E-state index >= 15 is 0 Å². The first-order chi connectivity index (χ1) is 21.1. The second-order valence-electron chi connectivity index (χ2n) is 10.7. The van der Waals surface area contributed by atoms with Gasteiger partial charge in [-0.25, -0.2) is 14.1 Å². The van der Waals surface area contributed by atoms with Crippen molar-refractivity contribution in [3.63, 3.8) is 0 Å². The maximum Gasteiger partial charge on any atom is 0.188 e. The zero-order valence-electron chi connectivity index (χ0n) is 24.1. The summed E-state index contributed by atoms with van der Waals surface area (Å²) in [4.78, 5) is 6.92. The number of aryl methyl sites for hydroxylation is 2. The quantitative estimate of drug-likeness (QED) is 0.163. The Morgan fingerprint density at radius 1 is 0.705 bits per heavy atom. The van der Waals surface area contributed by atoms with E-state index in [0.29, 0.717) is 0 Å². The Kier molecular flexibility index (Phi) is 7.45. The fraction of sp³-hybridized carbons (Fsp3) is 0.0526. The molecule has 0 spiro atoms. The standard InChI is InChI=1S/C38H27N4S.Pt/c1-26-10-3-4-13-31(26)27-20-21-39-38(22-27)42-34-15-6-5-14-32(34)33-19-18-30(24-37(33)42)43-29-12-9-11-28(23-29)41-25-40(2)35-16-7-8-17-36(35)41;/h3-22,25H,1-2H3;/q-1;. The number of para-hydroxylation sites is 3. The number of fused-ring (bicyclic) bond motifs is 4. The maximum atomic E-state index is 4.85. The van der Waals surface area contributed by atoms with E-state index in [2.05, 4.69) is 161 Å². The molecular formula is C38H27N4PtS-. The van der Waals surface area contributed by atoms with Crippen molar-refractivity contribution in [1.82, 2.24) is 18.7 Å². The number of hydrogen-bond donors (Lipinski definition) is 0. The molecule has 0 aliphatic rings. The van der Waals surface area contributed by atoms with Gasteiger partial charge in [-0.15, -0.1) is 34.2 Å². The summed E-state index contributed by atoms with van der Waals surface area (Å²) >= 11 is 1.67. The van der Waals surface area contributed by atoms with E-state index in [1.165, 1.54) is 22.0 Å². The minimum absolute atomic E-state index is 0. The molecule has 4 nitrogen and oxygen atoms in total. The number of pyridine rings is 1. The third kappa shape index (κ3) is 4.87. The molecule has 3 heterocycles. The van der Waals surface area contributed by atoms with Crippen molar-refractivity contribution in [2.75, 3.05) is 0 Å². The average Bonchev–Trinajstić information content (AvgIpc) is 3.56. The van der Waals surface area contributed by atoms with E-state index in [0.717, 1.165) is 48.8 Å². The summed E-state index contributed by atoms with van der Waals surface area (Å²) in [5, 5.41) is 2.35. The maximum absolute atomic E-state index is 4.85. The van der Waals surface area contributed by atoms with Gasteiger partial charge in [0, 0.05) is 57.6 Å². The number of aromatic nitrogens is 4. The van der Waals surface area contributed by atoms with E-state index < -0.39 is 0 Å². The molecule has 0 saturated heterocycles. The molecule has 3 aromatic heterocycles. The van der Waals surface area contributed by atoms with E-state index in [9.17, 15) is 0 Å². The van der Waals surface area contributed by atoms with Crippen molar-refractivity contribution in [3.8, 4) is 22.6 Å². The van der Waals surface area contributed by atoms with Crippen LogP contribution in [0.1, 0.15) is 5.56 Å². The average molecular weight is 767 g/mol. The van der Waals surface area contributed by atoms with Gasteiger partial charge >= 0.3 is 0 Å². The molecule has 5 aromatic carbocycles. The van der Waals surface area contributed by atoms with Gasteiger partial charge in [-0.05, 0) is 59.3 Å². The second kappa shape index (κ2) is 11.6. The number of rotatable bonds is 5. The zero-order valence-corrected chi connectivity index (χ0v) is 27.2. The van der Waals surface area contributed by atoms with Gasteiger partial charge < -0.3 is 4.57 Å². The van der Waals surface area contributed by atoms with E-state index in [-0.39, 0.29) is 21.1 Å². The smallest absolute Gasteiger partial charge is 0.188 e. The zero-order chi connectivity index (χ0) is 28.9. The van der Waals surface area contributed by atoms with Crippen LogP contribution in [0.15, 0.2) is 138 Å². The van der Waals surface area contributed by atoms with Crippen LogP contribution < -0.4 is 0 Å². The number of hydrogen-bond acceptors (Lipinski definition) is 2. The summed E-state index contributed by atoms with van der Waals surface area (Å²) in [5.74, 6) is 0.881. The Bertz CT molecular complexity index is 2320. The summed E-state index contributed by atoms with van der Waals surface area (Å²) < 4.78 is 6.57. The Hall–Kier alpha value is -4.44. The fourth-order valence-electron chi connectivity index (χ4n) is 5.99. The molecular weight excluding hydrogens is 740 g/mol. The molecule has 0 radical (unpaired) electrons. The van der Waals surface area contributed by atoms with Crippen molar-refractivity contribution in [2.45, 2.75) is 16.7 Å². The molecule has 0 bridgehead atoms. The molecule has 0 atom stereocenters. The molecule has 0 aliphatic heterocycles. The van der Waals surface area contributed by atoms with Crippen LogP contribution in [0, 0.1) is 19.1 Å². The third-order valence-corrected chi connectivity index (χ3v) is 8.95. The van der Waals surface area contributed by atoms with Gasteiger partial charge in [0.15, 0.2) is 17.4 Å². The molecule has 0 amide bonds. The Balaban J connectivity index is 0.00000312. The number of benzene rings is 5.